The smallest absolute Gasteiger partial charge is 0.326 e. The Hall–Kier alpha value is -1.83. The van der Waals surface area contributed by atoms with Crippen LogP contribution in [0.3, 0.4) is 0 Å². The molecule has 0 aromatic carbocycles. The summed E-state index contributed by atoms with van der Waals surface area (Å²) in [6.45, 7) is 3.24. The standard InChI is InChI=1S/C11H20N4O4/c12-9(16)7-8(10(17)18)14-11(19)13-3-6-15-4-1-2-5-15/h8H,1-7H2,(H2,12,16)(H,17,18)(H2,13,14,19). The van der Waals surface area contributed by atoms with Crippen molar-refractivity contribution in [3.8, 4) is 0 Å². The number of aliphatic carboxylic acids is 1. The average molecular weight is 272 g/mol. The molecule has 19 heavy (non-hydrogen) atoms. The van der Waals surface area contributed by atoms with Crippen molar-refractivity contribution in [3.05, 3.63) is 0 Å². The van der Waals surface area contributed by atoms with E-state index in [4.69, 9.17) is 10.8 Å². The summed E-state index contributed by atoms with van der Waals surface area (Å²) in [6.07, 6.45) is 1.92. The zero-order valence-corrected chi connectivity index (χ0v) is 10.7. The molecule has 3 amide bonds. The zero-order valence-electron chi connectivity index (χ0n) is 10.7. The van der Waals surface area contributed by atoms with Gasteiger partial charge in [0.2, 0.25) is 5.91 Å². The van der Waals surface area contributed by atoms with E-state index in [1.54, 1.807) is 0 Å². The van der Waals surface area contributed by atoms with Crippen LogP contribution in [0, 0.1) is 0 Å². The van der Waals surface area contributed by atoms with Gasteiger partial charge >= 0.3 is 12.0 Å². The summed E-state index contributed by atoms with van der Waals surface area (Å²) in [5.41, 5.74) is 4.91. The largest absolute Gasteiger partial charge is 0.480 e. The molecule has 0 aromatic heterocycles. The molecule has 8 heteroatoms. The maximum atomic E-state index is 11.5. The number of primary amides is 1. The first-order chi connectivity index (χ1) is 8.99. The molecule has 1 rings (SSSR count). The van der Waals surface area contributed by atoms with Gasteiger partial charge in [0.25, 0.3) is 0 Å². The van der Waals surface area contributed by atoms with Crippen LogP contribution in [0.25, 0.3) is 0 Å². The van der Waals surface area contributed by atoms with Crippen molar-refractivity contribution in [1.82, 2.24) is 15.5 Å². The molecule has 1 fully saturated rings. The highest BCUT2D eigenvalue weighted by Gasteiger charge is 2.22. The lowest BCUT2D eigenvalue weighted by atomic mass is 10.2. The van der Waals surface area contributed by atoms with Crippen LogP contribution in [0.4, 0.5) is 4.79 Å². The molecule has 0 aromatic rings. The summed E-state index contributed by atoms with van der Waals surface area (Å²) >= 11 is 0. The fraction of sp³-hybridized carbons (Fsp3) is 0.727. The van der Waals surface area contributed by atoms with Crippen molar-refractivity contribution in [2.24, 2.45) is 5.73 Å². The SMILES string of the molecule is NC(=O)CC(NC(=O)NCCN1CCCC1)C(=O)O. The predicted molar refractivity (Wildman–Crippen MR) is 67.4 cm³/mol. The number of amides is 3. The second kappa shape index (κ2) is 7.57. The van der Waals surface area contributed by atoms with E-state index < -0.39 is 30.4 Å². The molecule has 1 atom stereocenters. The van der Waals surface area contributed by atoms with Gasteiger partial charge in [0.15, 0.2) is 0 Å². The van der Waals surface area contributed by atoms with Gasteiger partial charge < -0.3 is 26.4 Å². The summed E-state index contributed by atoms with van der Waals surface area (Å²) in [5.74, 6) is -2.06. The Kier molecular flexibility index (Phi) is 6.07. The van der Waals surface area contributed by atoms with E-state index in [2.05, 4.69) is 15.5 Å². The monoisotopic (exact) mass is 272 g/mol. The minimum Gasteiger partial charge on any atom is -0.480 e. The molecule has 1 aliphatic rings. The summed E-state index contributed by atoms with van der Waals surface area (Å²) in [5, 5.41) is 13.6. The molecule has 1 aliphatic heterocycles. The quantitative estimate of drug-likeness (QED) is 0.459. The van der Waals surface area contributed by atoms with Crippen LogP contribution in [0.15, 0.2) is 0 Å². The number of hydrogen-bond acceptors (Lipinski definition) is 4. The van der Waals surface area contributed by atoms with Gasteiger partial charge in [-0.05, 0) is 25.9 Å². The lowest BCUT2D eigenvalue weighted by molar-refractivity contribution is -0.140. The van der Waals surface area contributed by atoms with Gasteiger partial charge in [-0.1, -0.05) is 0 Å². The Labute approximate surface area is 111 Å². The Bertz CT molecular complexity index is 342. The Morgan fingerprint density at radius 1 is 1.26 bits per heavy atom. The van der Waals surface area contributed by atoms with Crippen molar-refractivity contribution in [2.75, 3.05) is 26.2 Å². The molecule has 108 valence electrons. The number of likely N-dealkylation sites (tertiary alicyclic amines) is 1. The van der Waals surface area contributed by atoms with Crippen LogP contribution in [0.2, 0.25) is 0 Å². The number of carbonyl (C=O) groups is 3. The van der Waals surface area contributed by atoms with Gasteiger partial charge in [0.05, 0.1) is 6.42 Å². The molecule has 1 saturated heterocycles. The number of nitrogens with one attached hydrogen (secondary N) is 2. The molecular weight excluding hydrogens is 252 g/mol. The first-order valence-corrected chi connectivity index (χ1v) is 6.27. The van der Waals surface area contributed by atoms with Gasteiger partial charge in [0, 0.05) is 13.1 Å². The lowest BCUT2D eigenvalue weighted by Crippen LogP contribution is -2.48. The van der Waals surface area contributed by atoms with Crippen molar-refractivity contribution < 1.29 is 19.5 Å². The molecule has 0 aliphatic carbocycles. The molecule has 0 radical (unpaired) electrons. The molecular formula is C11H20N4O4. The maximum absolute atomic E-state index is 11.5. The number of carbonyl (C=O) groups excluding carboxylic acids is 2. The Morgan fingerprint density at radius 3 is 2.42 bits per heavy atom. The number of carboxylic acid groups (broad SMARTS) is 1. The van der Waals surface area contributed by atoms with Crippen LogP contribution in [-0.2, 0) is 9.59 Å². The van der Waals surface area contributed by atoms with Gasteiger partial charge in [0.1, 0.15) is 6.04 Å². The first-order valence-electron chi connectivity index (χ1n) is 6.27. The normalized spacial score (nSPS) is 16.8. The molecule has 1 unspecified atom stereocenters. The molecule has 1 heterocycles. The second-order valence-corrected chi connectivity index (χ2v) is 4.51. The van der Waals surface area contributed by atoms with E-state index in [1.165, 1.54) is 12.8 Å². The highest BCUT2D eigenvalue weighted by Crippen LogP contribution is 2.05. The lowest BCUT2D eigenvalue weighted by Gasteiger charge is -2.16. The van der Waals surface area contributed by atoms with E-state index >= 15 is 0 Å². The molecule has 8 nitrogen and oxygen atoms in total. The number of hydrogen-bond donors (Lipinski definition) is 4. The minimum atomic E-state index is -1.29. The summed E-state index contributed by atoms with van der Waals surface area (Å²) in [6, 6.07) is -1.89. The fourth-order valence-electron chi connectivity index (χ4n) is 1.94. The average Bonchev–Trinajstić information content (AvgIpc) is 2.80. The van der Waals surface area contributed by atoms with Crippen LogP contribution in [0.1, 0.15) is 19.3 Å². The third-order valence-corrected chi connectivity index (χ3v) is 2.92. The van der Waals surface area contributed by atoms with Crippen molar-refractivity contribution in [1.29, 1.82) is 0 Å². The molecule has 0 saturated carbocycles. The van der Waals surface area contributed by atoms with Gasteiger partial charge in [-0.15, -0.1) is 0 Å². The highest BCUT2D eigenvalue weighted by molar-refractivity contribution is 5.87. The topological polar surface area (TPSA) is 125 Å². The zero-order chi connectivity index (χ0) is 14.3. The van der Waals surface area contributed by atoms with E-state index in [0.717, 1.165) is 19.6 Å². The molecule has 0 bridgehead atoms. The van der Waals surface area contributed by atoms with Gasteiger partial charge in [-0.3, -0.25) is 4.79 Å². The van der Waals surface area contributed by atoms with E-state index in [-0.39, 0.29) is 0 Å². The Morgan fingerprint density at radius 2 is 1.89 bits per heavy atom. The first kappa shape index (κ1) is 15.2. The van der Waals surface area contributed by atoms with Gasteiger partial charge in [-0.25, -0.2) is 9.59 Å². The van der Waals surface area contributed by atoms with Crippen molar-refractivity contribution >= 4 is 17.9 Å². The number of urea groups is 1. The third-order valence-electron chi connectivity index (χ3n) is 2.92. The number of nitrogens with zero attached hydrogens (tertiary/aromatic N) is 1. The fourth-order valence-corrected chi connectivity index (χ4v) is 1.94. The van der Waals surface area contributed by atoms with E-state index in [1.807, 2.05) is 0 Å². The summed E-state index contributed by atoms with van der Waals surface area (Å²) in [7, 11) is 0. The predicted octanol–water partition coefficient (Wildman–Crippen LogP) is -1.29. The van der Waals surface area contributed by atoms with Crippen LogP contribution < -0.4 is 16.4 Å². The van der Waals surface area contributed by atoms with Crippen molar-refractivity contribution in [2.45, 2.75) is 25.3 Å². The summed E-state index contributed by atoms with van der Waals surface area (Å²) in [4.78, 5) is 35.1. The van der Waals surface area contributed by atoms with Crippen LogP contribution in [0.5, 0.6) is 0 Å². The second-order valence-electron chi connectivity index (χ2n) is 4.51. The molecule has 0 spiro atoms. The Balaban J connectivity index is 2.23. The maximum Gasteiger partial charge on any atom is 0.326 e. The number of rotatable bonds is 7. The molecule has 5 N–H and O–H groups in total. The van der Waals surface area contributed by atoms with Gasteiger partial charge in [-0.2, -0.15) is 0 Å². The summed E-state index contributed by atoms with van der Waals surface area (Å²) < 4.78 is 0. The highest BCUT2D eigenvalue weighted by atomic mass is 16.4. The van der Waals surface area contributed by atoms with E-state index in [9.17, 15) is 14.4 Å². The van der Waals surface area contributed by atoms with Crippen molar-refractivity contribution in [3.63, 3.8) is 0 Å². The van der Waals surface area contributed by atoms with Crippen LogP contribution >= 0.6 is 0 Å². The van der Waals surface area contributed by atoms with E-state index in [0.29, 0.717) is 6.54 Å². The number of carboxylic acids is 1. The number of nitrogens with two attached hydrogens (primary N) is 1. The van der Waals surface area contributed by atoms with Crippen LogP contribution in [-0.4, -0.2) is 60.1 Å². The third kappa shape index (κ3) is 6.05. The minimum absolute atomic E-state index is 0.422.